The van der Waals surface area contributed by atoms with Crippen LogP contribution in [-0.2, 0) is 11.3 Å². The highest BCUT2D eigenvalue weighted by atomic mass is 35.5. The molecule has 0 aliphatic rings. The Morgan fingerprint density at radius 3 is 2.62 bits per heavy atom. The quantitative estimate of drug-likeness (QED) is 0.275. The number of hydrogen-bond donors (Lipinski definition) is 1. The molecule has 4 rings (SSSR count). The van der Waals surface area contributed by atoms with Gasteiger partial charge in [0, 0.05) is 39.8 Å². The summed E-state index contributed by atoms with van der Waals surface area (Å²) in [5.74, 6) is -0.0545. The zero-order chi connectivity index (χ0) is 22.5. The van der Waals surface area contributed by atoms with Crippen LogP contribution in [0.15, 0.2) is 77.9 Å². The van der Waals surface area contributed by atoms with Crippen molar-refractivity contribution in [2.45, 2.75) is 13.5 Å². The van der Waals surface area contributed by atoms with Crippen LogP contribution in [0.1, 0.15) is 16.8 Å². The van der Waals surface area contributed by atoms with Crippen molar-refractivity contribution in [3.63, 3.8) is 0 Å². The fourth-order valence-electron chi connectivity index (χ4n) is 3.52. The van der Waals surface area contributed by atoms with Gasteiger partial charge in [0.15, 0.2) is 6.61 Å². The van der Waals surface area contributed by atoms with Gasteiger partial charge in [-0.25, -0.2) is 5.43 Å². The van der Waals surface area contributed by atoms with Crippen LogP contribution in [0, 0.1) is 6.92 Å². The molecule has 0 spiro atoms. The predicted molar refractivity (Wildman–Crippen MR) is 130 cm³/mol. The van der Waals surface area contributed by atoms with Gasteiger partial charge in [-0.15, -0.1) is 0 Å². The van der Waals surface area contributed by atoms with E-state index in [0.717, 1.165) is 28.7 Å². The number of hydrazone groups is 1. The molecule has 32 heavy (non-hydrogen) atoms. The number of rotatable bonds is 7. The first-order chi connectivity index (χ1) is 15.5. The molecule has 0 bridgehead atoms. The number of aromatic nitrogens is 1. The fraction of sp³-hybridized carbons (Fsp3) is 0.120. The summed E-state index contributed by atoms with van der Waals surface area (Å²) in [6, 6.07) is 23.3. The molecule has 0 fully saturated rings. The molecule has 0 saturated heterocycles. The van der Waals surface area contributed by atoms with E-state index in [0.29, 0.717) is 15.8 Å². The van der Waals surface area contributed by atoms with Crippen LogP contribution in [0.2, 0.25) is 10.0 Å². The molecule has 0 atom stereocenters. The maximum Gasteiger partial charge on any atom is 0.277 e. The first kappa shape index (κ1) is 21.9. The first-order valence-corrected chi connectivity index (χ1v) is 10.8. The summed E-state index contributed by atoms with van der Waals surface area (Å²) < 4.78 is 7.69. The number of halogens is 2. The molecule has 0 unspecified atom stereocenters. The second-order valence-corrected chi connectivity index (χ2v) is 8.09. The standard InChI is InChI=1S/C25H21Cl2N3O2/c1-17-21(14-28-29-25(31)16-32-24-13-19(26)11-12-22(24)27)20-9-5-6-10-23(20)30(17)15-18-7-3-2-4-8-18/h2-14H,15-16H2,1H3,(H,29,31). The van der Waals surface area contributed by atoms with Crippen LogP contribution in [0.25, 0.3) is 10.9 Å². The molecule has 4 aromatic rings. The second kappa shape index (κ2) is 9.90. The monoisotopic (exact) mass is 465 g/mol. The van der Waals surface area contributed by atoms with Crippen molar-refractivity contribution in [2.75, 3.05) is 6.61 Å². The summed E-state index contributed by atoms with van der Waals surface area (Å²) in [4.78, 5) is 12.2. The van der Waals surface area contributed by atoms with Crippen molar-refractivity contribution in [3.05, 3.63) is 99.7 Å². The van der Waals surface area contributed by atoms with Gasteiger partial charge in [-0.05, 0) is 30.7 Å². The average molecular weight is 466 g/mol. The minimum absolute atomic E-state index is 0.230. The minimum Gasteiger partial charge on any atom is -0.482 e. The number of ether oxygens (including phenoxy) is 1. The van der Waals surface area contributed by atoms with Crippen molar-refractivity contribution in [1.82, 2.24) is 9.99 Å². The van der Waals surface area contributed by atoms with Gasteiger partial charge in [-0.2, -0.15) is 5.10 Å². The van der Waals surface area contributed by atoms with Crippen LogP contribution in [0.5, 0.6) is 5.75 Å². The molecular formula is C25H21Cl2N3O2. The second-order valence-electron chi connectivity index (χ2n) is 7.24. The Kier molecular flexibility index (Phi) is 6.78. The Hall–Kier alpha value is -3.28. The molecule has 0 aliphatic carbocycles. The molecule has 1 heterocycles. The van der Waals surface area contributed by atoms with Crippen LogP contribution in [0.4, 0.5) is 0 Å². The Bertz CT molecular complexity index is 1280. The summed E-state index contributed by atoms with van der Waals surface area (Å²) in [5.41, 5.74) is 6.85. The highest BCUT2D eigenvalue weighted by Crippen LogP contribution is 2.28. The van der Waals surface area contributed by atoms with E-state index in [1.54, 1.807) is 24.4 Å². The number of carbonyl (C=O) groups is 1. The van der Waals surface area contributed by atoms with Gasteiger partial charge >= 0.3 is 0 Å². The summed E-state index contributed by atoms with van der Waals surface area (Å²) in [7, 11) is 0. The highest BCUT2D eigenvalue weighted by molar-refractivity contribution is 6.34. The number of para-hydroxylation sites is 1. The lowest BCUT2D eigenvalue weighted by Gasteiger charge is -2.08. The minimum atomic E-state index is -0.400. The van der Waals surface area contributed by atoms with E-state index in [1.165, 1.54) is 5.56 Å². The number of fused-ring (bicyclic) bond motifs is 1. The van der Waals surface area contributed by atoms with Crippen LogP contribution in [0.3, 0.4) is 0 Å². The van der Waals surface area contributed by atoms with Gasteiger partial charge in [0.2, 0.25) is 0 Å². The predicted octanol–water partition coefficient (Wildman–Crippen LogP) is 5.83. The molecule has 3 aromatic carbocycles. The molecule has 0 aliphatic heterocycles. The van der Waals surface area contributed by atoms with Crippen LogP contribution < -0.4 is 10.2 Å². The van der Waals surface area contributed by atoms with E-state index >= 15 is 0 Å². The fourth-order valence-corrected chi connectivity index (χ4v) is 3.86. The molecular weight excluding hydrogens is 445 g/mol. The molecule has 1 amide bonds. The zero-order valence-electron chi connectivity index (χ0n) is 17.4. The molecule has 5 nitrogen and oxygen atoms in total. The lowest BCUT2D eigenvalue weighted by atomic mass is 10.1. The third-order valence-electron chi connectivity index (χ3n) is 5.10. The maximum atomic E-state index is 12.2. The van der Waals surface area contributed by atoms with Crippen molar-refractivity contribution >= 4 is 46.2 Å². The third kappa shape index (κ3) is 4.96. The number of amides is 1. The molecule has 7 heteroatoms. The number of nitrogens with one attached hydrogen (secondary N) is 1. The van der Waals surface area contributed by atoms with Gasteiger partial charge in [0.05, 0.1) is 11.2 Å². The maximum absolute atomic E-state index is 12.2. The Labute approximate surface area is 196 Å². The SMILES string of the molecule is Cc1c(C=NNC(=O)COc2cc(Cl)ccc2Cl)c2ccccc2n1Cc1ccccc1. The summed E-state index contributed by atoms with van der Waals surface area (Å²) in [6.45, 7) is 2.57. The average Bonchev–Trinajstić information content (AvgIpc) is 3.06. The summed E-state index contributed by atoms with van der Waals surface area (Å²) >= 11 is 12.0. The van der Waals surface area contributed by atoms with E-state index < -0.39 is 5.91 Å². The van der Waals surface area contributed by atoms with E-state index in [2.05, 4.69) is 46.3 Å². The number of benzene rings is 3. The van der Waals surface area contributed by atoms with E-state index in [1.807, 2.05) is 30.3 Å². The molecule has 0 saturated carbocycles. The smallest absolute Gasteiger partial charge is 0.277 e. The molecule has 1 N–H and O–H groups in total. The Morgan fingerprint density at radius 2 is 1.81 bits per heavy atom. The molecule has 1 aromatic heterocycles. The molecule has 162 valence electrons. The van der Waals surface area contributed by atoms with Crippen molar-refractivity contribution in [3.8, 4) is 5.75 Å². The van der Waals surface area contributed by atoms with Crippen molar-refractivity contribution in [2.24, 2.45) is 5.10 Å². The van der Waals surface area contributed by atoms with E-state index in [-0.39, 0.29) is 6.61 Å². The van der Waals surface area contributed by atoms with Crippen molar-refractivity contribution < 1.29 is 9.53 Å². The number of hydrogen-bond acceptors (Lipinski definition) is 3. The topological polar surface area (TPSA) is 55.6 Å². The highest BCUT2D eigenvalue weighted by Gasteiger charge is 2.13. The van der Waals surface area contributed by atoms with Gasteiger partial charge in [-0.1, -0.05) is 71.7 Å². The van der Waals surface area contributed by atoms with Crippen molar-refractivity contribution in [1.29, 1.82) is 0 Å². The normalized spacial score (nSPS) is 11.2. The number of nitrogens with zero attached hydrogens (tertiary/aromatic N) is 2. The third-order valence-corrected chi connectivity index (χ3v) is 5.65. The summed E-state index contributed by atoms with van der Waals surface area (Å²) in [5, 5.41) is 6.08. The van der Waals surface area contributed by atoms with Gasteiger partial charge in [0.25, 0.3) is 5.91 Å². The van der Waals surface area contributed by atoms with E-state index in [9.17, 15) is 4.79 Å². The molecule has 0 radical (unpaired) electrons. The van der Waals surface area contributed by atoms with Crippen LogP contribution in [-0.4, -0.2) is 23.3 Å². The zero-order valence-corrected chi connectivity index (χ0v) is 18.9. The lowest BCUT2D eigenvalue weighted by molar-refractivity contribution is -0.123. The van der Waals surface area contributed by atoms with Gasteiger partial charge < -0.3 is 9.30 Å². The number of carbonyl (C=O) groups excluding carboxylic acids is 1. The largest absolute Gasteiger partial charge is 0.482 e. The lowest BCUT2D eigenvalue weighted by Crippen LogP contribution is -2.24. The first-order valence-electron chi connectivity index (χ1n) is 10.0. The Balaban J connectivity index is 1.48. The summed E-state index contributed by atoms with van der Waals surface area (Å²) in [6.07, 6.45) is 1.67. The van der Waals surface area contributed by atoms with Crippen LogP contribution >= 0.6 is 23.2 Å². The van der Waals surface area contributed by atoms with E-state index in [4.69, 9.17) is 27.9 Å². The Morgan fingerprint density at radius 1 is 1.06 bits per heavy atom. The van der Waals surface area contributed by atoms with Gasteiger partial charge in [-0.3, -0.25) is 4.79 Å². The van der Waals surface area contributed by atoms with Gasteiger partial charge in [0.1, 0.15) is 5.75 Å².